The molecule has 1 saturated carbocycles. The van der Waals surface area contributed by atoms with Crippen LogP contribution in [0.25, 0.3) is 0 Å². The molecule has 1 amide bonds. The largest absolute Gasteiger partial charge is 0.377 e. The van der Waals surface area contributed by atoms with Crippen LogP contribution in [0.4, 0.5) is 11.4 Å². The van der Waals surface area contributed by atoms with Crippen LogP contribution in [0.1, 0.15) is 28.1 Å². The van der Waals surface area contributed by atoms with Gasteiger partial charge in [-0.2, -0.15) is 4.31 Å². The molecule has 1 aromatic heterocycles. The number of nitro benzene ring substituents is 1. The molecule has 1 aliphatic carbocycles. The van der Waals surface area contributed by atoms with E-state index in [9.17, 15) is 23.3 Å². The smallest absolute Gasteiger partial charge is 0.293 e. The third-order valence-electron chi connectivity index (χ3n) is 5.21. The maximum Gasteiger partial charge on any atom is 0.293 e. The summed E-state index contributed by atoms with van der Waals surface area (Å²) in [5.41, 5.74) is 0.525. The van der Waals surface area contributed by atoms with Gasteiger partial charge in [-0.05, 0) is 44.0 Å². The molecule has 30 heavy (non-hydrogen) atoms. The molecule has 4 rings (SSSR count). The topological polar surface area (TPSA) is 113 Å². The van der Waals surface area contributed by atoms with Crippen LogP contribution in [0.15, 0.2) is 34.5 Å². The molecule has 0 radical (unpaired) electrons. The Hall–Kier alpha value is -2.50. The van der Waals surface area contributed by atoms with Crippen LogP contribution < -0.4 is 5.32 Å². The Balaban J connectivity index is 1.45. The van der Waals surface area contributed by atoms with Crippen LogP contribution >= 0.6 is 11.3 Å². The molecule has 2 heterocycles. The molecule has 0 atom stereocenters. The third-order valence-corrected chi connectivity index (χ3v) is 8.58. The van der Waals surface area contributed by atoms with Crippen molar-refractivity contribution in [2.45, 2.75) is 30.0 Å². The van der Waals surface area contributed by atoms with Crippen molar-refractivity contribution < 1.29 is 18.1 Å². The number of benzene rings is 1. The number of thiophene rings is 1. The van der Waals surface area contributed by atoms with Gasteiger partial charge in [-0.25, -0.2) is 8.42 Å². The summed E-state index contributed by atoms with van der Waals surface area (Å²) >= 11 is 1.23. The Morgan fingerprint density at radius 3 is 2.43 bits per heavy atom. The number of nitrogens with one attached hydrogen (secondary N) is 1. The summed E-state index contributed by atoms with van der Waals surface area (Å²) in [7, 11) is -3.57. The minimum absolute atomic E-state index is 0.123. The molecule has 9 nitrogen and oxygen atoms in total. The first-order chi connectivity index (χ1) is 14.3. The first-order valence-electron chi connectivity index (χ1n) is 9.66. The van der Waals surface area contributed by atoms with Crippen molar-refractivity contribution in [3.8, 4) is 0 Å². The molecule has 0 spiro atoms. The Morgan fingerprint density at radius 2 is 1.87 bits per heavy atom. The minimum Gasteiger partial charge on any atom is -0.377 e. The molecule has 0 unspecified atom stereocenters. The summed E-state index contributed by atoms with van der Waals surface area (Å²) in [4.78, 5) is 26.3. The van der Waals surface area contributed by atoms with Gasteiger partial charge in [0.25, 0.3) is 21.6 Å². The van der Waals surface area contributed by atoms with Crippen LogP contribution in [-0.2, 0) is 10.0 Å². The number of carbonyl (C=O) groups is 1. The molecule has 11 heteroatoms. The van der Waals surface area contributed by atoms with Crippen molar-refractivity contribution >= 4 is 38.6 Å². The predicted molar refractivity (Wildman–Crippen MR) is 113 cm³/mol. The van der Waals surface area contributed by atoms with Gasteiger partial charge in [-0.3, -0.25) is 14.9 Å². The summed E-state index contributed by atoms with van der Waals surface area (Å²) in [6.07, 6.45) is 1.96. The number of nitrogens with zero attached hydrogens (tertiary/aromatic N) is 3. The van der Waals surface area contributed by atoms with E-state index in [2.05, 4.69) is 5.32 Å². The maximum atomic E-state index is 12.9. The lowest BCUT2D eigenvalue weighted by Gasteiger charge is -2.33. The average Bonchev–Trinajstić information content (AvgIpc) is 3.44. The number of piperazine rings is 1. The molecular formula is C19H22N4O5S2. The average molecular weight is 451 g/mol. The predicted octanol–water partition coefficient (Wildman–Crippen LogP) is 2.69. The van der Waals surface area contributed by atoms with E-state index < -0.39 is 14.9 Å². The zero-order valence-electron chi connectivity index (χ0n) is 16.4. The van der Waals surface area contributed by atoms with E-state index in [1.54, 1.807) is 29.2 Å². The molecule has 1 aliphatic heterocycles. The number of nitro groups is 1. The third kappa shape index (κ3) is 4.18. The number of rotatable bonds is 6. The van der Waals surface area contributed by atoms with Crippen LogP contribution in [0, 0.1) is 17.0 Å². The van der Waals surface area contributed by atoms with Gasteiger partial charge in [0.1, 0.15) is 9.90 Å². The van der Waals surface area contributed by atoms with Crippen LogP contribution in [0.2, 0.25) is 0 Å². The monoisotopic (exact) mass is 450 g/mol. The van der Waals surface area contributed by atoms with E-state index in [1.165, 1.54) is 21.7 Å². The number of carbonyl (C=O) groups excluding carboxylic acids is 1. The van der Waals surface area contributed by atoms with Crippen molar-refractivity contribution in [2.75, 3.05) is 31.5 Å². The molecular weight excluding hydrogens is 428 g/mol. The number of hydrogen-bond acceptors (Lipinski definition) is 7. The standard InChI is InChI=1S/C19H22N4O5S2/c1-13-2-7-18(29-13)30(27,28)22-10-8-21(9-11-22)19(24)14-3-6-16(20-15-4-5-15)17(12-14)23(25)26/h2-3,6-7,12,15,20H,4-5,8-11H2,1H3. The zero-order valence-corrected chi connectivity index (χ0v) is 18.0. The van der Waals surface area contributed by atoms with E-state index in [4.69, 9.17) is 0 Å². The molecule has 160 valence electrons. The lowest BCUT2D eigenvalue weighted by Crippen LogP contribution is -2.50. The number of anilines is 1. The van der Waals surface area contributed by atoms with Crippen molar-refractivity contribution in [1.29, 1.82) is 0 Å². The van der Waals surface area contributed by atoms with E-state index in [0.717, 1.165) is 17.7 Å². The van der Waals surface area contributed by atoms with Gasteiger partial charge in [-0.1, -0.05) is 0 Å². The SMILES string of the molecule is Cc1ccc(S(=O)(=O)N2CCN(C(=O)c3ccc(NC4CC4)c([N+](=O)[O-])c3)CC2)s1. The Morgan fingerprint density at radius 1 is 1.17 bits per heavy atom. The summed E-state index contributed by atoms with van der Waals surface area (Å²) < 4.78 is 27.2. The van der Waals surface area contributed by atoms with Crippen molar-refractivity contribution in [2.24, 2.45) is 0 Å². The lowest BCUT2D eigenvalue weighted by molar-refractivity contribution is -0.384. The number of sulfonamides is 1. The quantitative estimate of drug-likeness (QED) is 0.535. The fraction of sp³-hybridized carbons (Fsp3) is 0.421. The van der Waals surface area contributed by atoms with Gasteiger partial charge >= 0.3 is 0 Å². The summed E-state index contributed by atoms with van der Waals surface area (Å²) in [6, 6.07) is 8.08. The molecule has 0 bridgehead atoms. The lowest BCUT2D eigenvalue weighted by atomic mass is 10.1. The Bertz CT molecular complexity index is 1090. The first kappa shape index (κ1) is 20.8. The van der Waals surface area contributed by atoms with E-state index >= 15 is 0 Å². The van der Waals surface area contributed by atoms with Gasteiger partial charge in [0, 0.05) is 48.7 Å². The fourth-order valence-corrected chi connectivity index (χ4v) is 6.24. The molecule has 1 saturated heterocycles. The fourth-order valence-electron chi connectivity index (χ4n) is 3.38. The van der Waals surface area contributed by atoms with Crippen LogP contribution in [0.5, 0.6) is 0 Å². The van der Waals surface area contributed by atoms with Gasteiger partial charge in [0.2, 0.25) is 0 Å². The zero-order chi connectivity index (χ0) is 21.5. The second-order valence-electron chi connectivity index (χ2n) is 7.47. The Kier molecular flexibility index (Phi) is 5.51. The molecule has 2 aliphatic rings. The van der Waals surface area contributed by atoms with Gasteiger partial charge < -0.3 is 10.2 Å². The number of amides is 1. The van der Waals surface area contributed by atoms with Gasteiger partial charge in [0.05, 0.1) is 4.92 Å². The van der Waals surface area contributed by atoms with E-state index in [-0.39, 0.29) is 49.4 Å². The number of hydrogen-bond donors (Lipinski definition) is 1. The summed E-state index contributed by atoms with van der Waals surface area (Å²) in [5.74, 6) is -0.333. The van der Waals surface area contributed by atoms with Crippen molar-refractivity contribution in [1.82, 2.24) is 9.21 Å². The Labute approximate surface area is 178 Å². The van der Waals surface area contributed by atoms with Crippen molar-refractivity contribution in [3.05, 3.63) is 50.9 Å². The van der Waals surface area contributed by atoms with Crippen LogP contribution in [-0.4, -0.2) is 60.7 Å². The summed E-state index contributed by atoms with van der Waals surface area (Å²) in [6.45, 7) is 2.70. The summed E-state index contributed by atoms with van der Waals surface area (Å²) in [5, 5.41) is 14.5. The normalized spacial score (nSPS) is 17.7. The maximum absolute atomic E-state index is 12.9. The van der Waals surface area contributed by atoms with E-state index in [1.807, 2.05) is 6.92 Å². The second-order valence-corrected chi connectivity index (χ2v) is 10.9. The van der Waals surface area contributed by atoms with Crippen LogP contribution in [0.3, 0.4) is 0 Å². The van der Waals surface area contributed by atoms with Gasteiger partial charge in [-0.15, -0.1) is 11.3 Å². The molecule has 2 aromatic rings. The minimum atomic E-state index is -3.57. The highest BCUT2D eigenvalue weighted by Gasteiger charge is 2.32. The van der Waals surface area contributed by atoms with E-state index in [0.29, 0.717) is 9.90 Å². The highest BCUT2D eigenvalue weighted by molar-refractivity contribution is 7.91. The number of aryl methyl sites for hydroxylation is 1. The molecule has 2 fully saturated rings. The second kappa shape index (κ2) is 7.97. The highest BCUT2D eigenvalue weighted by atomic mass is 32.2. The van der Waals surface area contributed by atoms with Gasteiger partial charge in [0.15, 0.2) is 0 Å². The highest BCUT2D eigenvalue weighted by Crippen LogP contribution is 2.32. The van der Waals surface area contributed by atoms with Crippen molar-refractivity contribution in [3.63, 3.8) is 0 Å². The molecule has 1 N–H and O–H groups in total. The molecule has 1 aromatic carbocycles. The first-order valence-corrected chi connectivity index (χ1v) is 11.9.